The topological polar surface area (TPSA) is 43.6 Å². The van der Waals surface area contributed by atoms with Gasteiger partial charge in [0.25, 0.3) is 0 Å². The lowest BCUT2D eigenvalue weighted by molar-refractivity contribution is 0.559. The Balaban J connectivity index is 2.34. The van der Waals surface area contributed by atoms with Gasteiger partial charge in [0.05, 0.1) is 11.1 Å². The molecule has 0 saturated carbocycles. The maximum absolute atomic E-state index is 4.55. The number of unbranched alkanes of at least 4 members (excludes halogenated alkanes) is 2. The van der Waals surface area contributed by atoms with Gasteiger partial charge in [-0.15, -0.1) is 0 Å². The number of hydrogen-bond acceptors (Lipinski definition) is 4. The molecule has 0 unspecified atom stereocenters. The zero-order valence-corrected chi connectivity index (χ0v) is 11.4. The normalized spacial score (nSPS) is 11.2. The van der Waals surface area contributed by atoms with Gasteiger partial charge in [-0.05, 0) is 19.6 Å². The van der Waals surface area contributed by atoms with Crippen molar-refractivity contribution in [3.05, 3.63) is 11.9 Å². The van der Waals surface area contributed by atoms with Crippen LogP contribution in [0.3, 0.4) is 0 Å². The Labute approximate surface area is 106 Å². The van der Waals surface area contributed by atoms with Crippen molar-refractivity contribution in [3.8, 4) is 0 Å². The van der Waals surface area contributed by atoms with Crippen molar-refractivity contribution in [2.45, 2.75) is 44.8 Å². The summed E-state index contributed by atoms with van der Waals surface area (Å²) in [5.41, 5.74) is 1.99. The molecule has 0 amide bonds. The van der Waals surface area contributed by atoms with E-state index >= 15 is 0 Å². The minimum atomic E-state index is 0.814. The first-order valence-electron chi connectivity index (χ1n) is 6.00. The maximum Gasteiger partial charge on any atom is 0.189 e. The van der Waals surface area contributed by atoms with E-state index in [9.17, 15) is 0 Å². The molecule has 92 valence electrons. The van der Waals surface area contributed by atoms with Gasteiger partial charge < -0.3 is 0 Å². The number of thioether (sulfide) groups is 1. The summed E-state index contributed by atoms with van der Waals surface area (Å²) in [7, 11) is 0. The minimum Gasteiger partial charge on any atom is -0.247 e. The maximum atomic E-state index is 4.55. The van der Waals surface area contributed by atoms with Gasteiger partial charge >= 0.3 is 0 Å². The average Bonchev–Trinajstić information content (AvgIpc) is 2.66. The molecule has 0 bridgehead atoms. The van der Waals surface area contributed by atoms with Crippen LogP contribution in [-0.2, 0) is 6.54 Å². The molecule has 0 saturated heterocycles. The van der Waals surface area contributed by atoms with Gasteiger partial charge in [-0.25, -0.2) is 14.6 Å². The van der Waals surface area contributed by atoms with Gasteiger partial charge in [0, 0.05) is 12.7 Å². The molecule has 0 aliphatic heterocycles. The van der Waals surface area contributed by atoms with Crippen LogP contribution >= 0.6 is 11.8 Å². The predicted octanol–water partition coefficient (Wildman–Crippen LogP) is 3.05. The second kappa shape index (κ2) is 5.49. The fourth-order valence-electron chi connectivity index (χ4n) is 1.86. The van der Waals surface area contributed by atoms with E-state index in [4.69, 9.17) is 0 Å². The first-order chi connectivity index (χ1) is 8.26. The molecule has 4 nitrogen and oxygen atoms in total. The van der Waals surface area contributed by atoms with Crippen LogP contribution in [0, 0.1) is 6.92 Å². The Morgan fingerprint density at radius 1 is 1.35 bits per heavy atom. The molecular formula is C12H18N4S. The molecular weight excluding hydrogens is 232 g/mol. The number of fused-ring (bicyclic) bond motifs is 1. The SMILES string of the molecule is CCCCCn1nc(C)c2cnc(SC)nc21. The van der Waals surface area contributed by atoms with Crippen LogP contribution < -0.4 is 0 Å². The van der Waals surface area contributed by atoms with Crippen molar-refractivity contribution in [3.63, 3.8) is 0 Å². The van der Waals surface area contributed by atoms with Crippen LogP contribution in [0.15, 0.2) is 11.4 Å². The van der Waals surface area contributed by atoms with Gasteiger partial charge in [-0.2, -0.15) is 5.10 Å². The summed E-state index contributed by atoms with van der Waals surface area (Å²) < 4.78 is 2.02. The smallest absolute Gasteiger partial charge is 0.189 e. The van der Waals surface area contributed by atoms with E-state index in [2.05, 4.69) is 22.0 Å². The second-order valence-corrected chi connectivity index (χ2v) is 4.88. The van der Waals surface area contributed by atoms with E-state index in [1.165, 1.54) is 12.8 Å². The van der Waals surface area contributed by atoms with Crippen molar-refractivity contribution >= 4 is 22.8 Å². The summed E-state index contributed by atoms with van der Waals surface area (Å²) in [6, 6.07) is 0. The molecule has 0 aromatic carbocycles. The molecule has 0 N–H and O–H groups in total. The Bertz CT molecular complexity index is 506. The molecule has 5 heteroatoms. The summed E-state index contributed by atoms with van der Waals surface area (Å²) in [5, 5.41) is 6.42. The van der Waals surface area contributed by atoms with Crippen molar-refractivity contribution in [2.75, 3.05) is 6.26 Å². The highest BCUT2D eigenvalue weighted by Crippen LogP contribution is 2.18. The quantitative estimate of drug-likeness (QED) is 0.465. The van der Waals surface area contributed by atoms with E-state index < -0.39 is 0 Å². The van der Waals surface area contributed by atoms with Gasteiger partial charge in [0.2, 0.25) is 0 Å². The highest BCUT2D eigenvalue weighted by molar-refractivity contribution is 7.98. The summed E-state index contributed by atoms with van der Waals surface area (Å²) in [4.78, 5) is 8.84. The summed E-state index contributed by atoms with van der Waals surface area (Å²) in [6.07, 6.45) is 7.49. The number of rotatable bonds is 5. The monoisotopic (exact) mass is 250 g/mol. The number of nitrogens with zero attached hydrogens (tertiary/aromatic N) is 4. The van der Waals surface area contributed by atoms with Crippen molar-refractivity contribution in [2.24, 2.45) is 0 Å². The summed E-state index contributed by atoms with van der Waals surface area (Å²) in [6.45, 7) is 5.17. The zero-order chi connectivity index (χ0) is 12.3. The molecule has 0 radical (unpaired) electrons. The lowest BCUT2D eigenvalue weighted by Gasteiger charge is -2.02. The second-order valence-electron chi connectivity index (χ2n) is 4.11. The van der Waals surface area contributed by atoms with E-state index in [-0.39, 0.29) is 0 Å². The van der Waals surface area contributed by atoms with Crippen molar-refractivity contribution < 1.29 is 0 Å². The number of aromatic nitrogens is 4. The standard InChI is InChI=1S/C12H18N4S/c1-4-5-6-7-16-11-10(9(2)15-16)8-13-12(14-11)17-3/h8H,4-7H2,1-3H3. The third kappa shape index (κ3) is 2.60. The highest BCUT2D eigenvalue weighted by Gasteiger charge is 2.09. The predicted molar refractivity (Wildman–Crippen MR) is 71.4 cm³/mol. The Morgan fingerprint density at radius 2 is 2.18 bits per heavy atom. The molecule has 0 aliphatic carbocycles. The largest absolute Gasteiger partial charge is 0.247 e. The van der Waals surface area contributed by atoms with E-state index in [1.807, 2.05) is 24.1 Å². The zero-order valence-electron chi connectivity index (χ0n) is 10.6. The van der Waals surface area contributed by atoms with Crippen molar-refractivity contribution in [1.82, 2.24) is 19.7 Å². The number of hydrogen-bond donors (Lipinski definition) is 0. The molecule has 2 aromatic rings. The third-order valence-corrected chi connectivity index (χ3v) is 3.37. The molecule has 2 aromatic heterocycles. The Kier molecular flexibility index (Phi) is 3.99. The highest BCUT2D eigenvalue weighted by atomic mass is 32.2. The lowest BCUT2D eigenvalue weighted by Crippen LogP contribution is -2.02. The molecule has 2 rings (SSSR count). The van der Waals surface area contributed by atoms with Crippen LogP contribution in [0.4, 0.5) is 0 Å². The van der Waals surface area contributed by atoms with Crippen LogP contribution in [0.25, 0.3) is 11.0 Å². The molecule has 0 aliphatic rings. The van der Waals surface area contributed by atoms with Gasteiger partial charge in [0.1, 0.15) is 0 Å². The molecule has 17 heavy (non-hydrogen) atoms. The first-order valence-corrected chi connectivity index (χ1v) is 7.23. The van der Waals surface area contributed by atoms with E-state index in [1.54, 1.807) is 11.8 Å². The molecule has 0 spiro atoms. The van der Waals surface area contributed by atoms with Gasteiger partial charge in [-0.1, -0.05) is 31.5 Å². The lowest BCUT2D eigenvalue weighted by atomic mass is 10.2. The Hall–Kier alpha value is -1.10. The summed E-state index contributed by atoms with van der Waals surface area (Å²) in [5.74, 6) is 0. The summed E-state index contributed by atoms with van der Waals surface area (Å²) >= 11 is 1.57. The molecule has 0 fully saturated rings. The van der Waals surface area contributed by atoms with E-state index in [0.29, 0.717) is 0 Å². The van der Waals surface area contributed by atoms with Crippen LogP contribution in [0.5, 0.6) is 0 Å². The Morgan fingerprint density at radius 3 is 2.88 bits per heavy atom. The van der Waals surface area contributed by atoms with Crippen LogP contribution in [0.2, 0.25) is 0 Å². The minimum absolute atomic E-state index is 0.814. The fourth-order valence-corrected chi connectivity index (χ4v) is 2.19. The molecule has 0 atom stereocenters. The number of aryl methyl sites for hydroxylation is 2. The third-order valence-electron chi connectivity index (χ3n) is 2.81. The van der Waals surface area contributed by atoms with Crippen molar-refractivity contribution in [1.29, 1.82) is 0 Å². The first kappa shape index (κ1) is 12.4. The van der Waals surface area contributed by atoms with Crippen LogP contribution in [0.1, 0.15) is 31.9 Å². The average molecular weight is 250 g/mol. The van der Waals surface area contributed by atoms with E-state index in [0.717, 1.165) is 34.8 Å². The van der Waals surface area contributed by atoms with Crippen LogP contribution in [-0.4, -0.2) is 26.0 Å². The molecule has 2 heterocycles. The fraction of sp³-hybridized carbons (Fsp3) is 0.583. The van der Waals surface area contributed by atoms with Gasteiger partial charge in [0.15, 0.2) is 10.8 Å². The van der Waals surface area contributed by atoms with Gasteiger partial charge in [-0.3, -0.25) is 0 Å².